The van der Waals surface area contributed by atoms with Crippen molar-refractivity contribution in [2.45, 2.75) is 13.5 Å². The summed E-state index contributed by atoms with van der Waals surface area (Å²) in [5.41, 5.74) is 1.11. The summed E-state index contributed by atoms with van der Waals surface area (Å²) >= 11 is 0. The summed E-state index contributed by atoms with van der Waals surface area (Å²) in [4.78, 5) is 12.1. The highest BCUT2D eigenvalue weighted by atomic mass is 32.2. The molecule has 0 spiro atoms. The second-order valence-electron chi connectivity index (χ2n) is 5.66. The van der Waals surface area contributed by atoms with Crippen molar-refractivity contribution in [3.05, 3.63) is 65.2 Å². The van der Waals surface area contributed by atoms with Crippen molar-refractivity contribution in [1.82, 2.24) is 4.31 Å². The lowest BCUT2D eigenvalue weighted by molar-refractivity contribution is -0.116. The molecule has 0 saturated carbocycles. The molecular weight excluding hydrogens is 350 g/mol. The van der Waals surface area contributed by atoms with E-state index in [1.165, 1.54) is 6.07 Å². The summed E-state index contributed by atoms with van der Waals surface area (Å²) in [6.07, 6.45) is 0.970. The van der Waals surface area contributed by atoms with Crippen molar-refractivity contribution in [3.63, 3.8) is 0 Å². The molecule has 0 heterocycles. The second kappa shape index (κ2) is 7.71. The minimum Gasteiger partial charge on any atom is -0.320 e. The second-order valence-corrected chi connectivity index (χ2v) is 7.64. The largest absolute Gasteiger partial charge is 0.320 e. The molecule has 0 bridgehead atoms. The lowest BCUT2D eigenvalue weighted by atomic mass is 10.1. The quantitative estimate of drug-likeness (QED) is 0.853. The SMILES string of the molecule is Cc1ccc(CN(CC(=O)Nc2c(F)cccc2F)S(C)(=O)=O)cc1. The highest BCUT2D eigenvalue weighted by molar-refractivity contribution is 7.88. The topological polar surface area (TPSA) is 66.5 Å². The van der Waals surface area contributed by atoms with Crippen LogP contribution in [-0.4, -0.2) is 31.4 Å². The van der Waals surface area contributed by atoms with E-state index in [0.29, 0.717) is 5.56 Å². The molecule has 0 aromatic heterocycles. The van der Waals surface area contributed by atoms with Crippen LogP contribution in [0.5, 0.6) is 0 Å². The number of anilines is 1. The molecule has 0 aliphatic rings. The summed E-state index contributed by atoms with van der Waals surface area (Å²) in [5.74, 6) is -2.70. The van der Waals surface area contributed by atoms with Gasteiger partial charge in [0.1, 0.15) is 17.3 Å². The van der Waals surface area contributed by atoms with Crippen LogP contribution in [0, 0.1) is 18.6 Å². The number of aryl methyl sites for hydroxylation is 1. The van der Waals surface area contributed by atoms with Gasteiger partial charge in [0.15, 0.2) is 0 Å². The van der Waals surface area contributed by atoms with Gasteiger partial charge in [-0.2, -0.15) is 4.31 Å². The third-order valence-corrected chi connectivity index (χ3v) is 4.69. The smallest absolute Gasteiger partial charge is 0.239 e. The number of nitrogens with zero attached hydrogens (tertiary/aromatic N) is 1. The fraction of sp³-hybridized carbons (Fsp3) is 0.235. The Kier molecular flexibility index (Phi) is 5.86. The van der Waals surface area contributed by atoms with E-state index in [1.54, 1.807) is 12.1 Å². The first kappa shape index (κ1) is 19.0. The molecule has 0 aliphatic heterocycles. The molecule has 1 N–H and O–H groups in total. The first-order valence-corrected chi connectivity index (χ1v) is 9.26. The van der Waals surface area contributed by atoms with Gasteiger partial charge in [-0.05, 0) is 24.6 Å². The molecule has 2 rings (SSSR count). The molecule has 25 heavy (non-hydrogen) atoms. The summed E-state index contributed by atoms with van der Waals surface area (Å²) in [6, 6.07) is 10.3. The van der Waals surface area contributed by atoms with E-state index in [-0.39, 0.29) is 6.54 Å². The van der Waals surface area contributed by atoms with E-state index in [2.05, 4.69) is 5.32 Å². The van der Waals surface area contributed by atoms with Crippen LogP contribution in [0.3, 0.4) is 0 Å². The number of carbonyl (C=O) groups is 1. The van der Waals surface area contributed by atoms with Gasteiger partial charge in [0.05, 0.1) is 12.8 Å². The number of hydrogen-bond acceptors (Lipinski definition) is 3. The molecule has 5 nitrogen and oxygen atoms in total. The van der Waals surface area contributed by atoms with Crippen LogP contribution >= 0.6 is 0 Å². The minimum atomic E-state index is -3.70. The highest BCUT2D eigenvalue weighted by Gasteiger charge is 2.22. The normalized spacial score (nSPS) is 11.6. The highest BCUT2D eigenvalue weighted by Crippen LogP contribution is 2.18. The molecule has 0 fully saturated rings. The van der Waals surface area contributed by atoms with Gasteiger partial charge in [-0.1, -0.05) is 35.9 Å². The average molecular weight is 368 g/mol. The van der Waals surface area contributed by atoms with Crippen molar-refractivity contribution >= 4 is 21.6 Å². The third-order valence-electron chi connectivity index (χ3n) is 3.50. The van der Waals surface area contributed by atoms with Gasteiger partial charge in [-0.15, -0.1) is 0 Å². The van der Waals surface area contributed by atoms with Crippen molar-refractivity contribution in [1.29, 1.82) is 0 Å². The zero-order chi connectivity index (χ0) is 18.6. The van der Waals surface area contributed by atoms with Crippen molar-refractivity contribution in [2.75, 3.05) is 18.1 Å². The first-order valence-electron chi connectivity index (χ1n) is 7.41. The van der Waals surface area contributed by atoms with Crippen molar-refractivity contribution in [2.24, 2.45) is 0 Å². The number of halogens is 2. The standard InChI is InChI=1S/C17H18F2N2O3S/c1-12-6-8-13(9-7-12)10-21(25(2,23)24)11-16(22)20-17-14(18)4-3-5-15(17)19/h3-9H,10-11H2,1-2H3,(H,20,22). The summed E-state index contributed by atoms with van der Waals surface area (Å²) in [7, 11) is -3.70. The van der Waals surface area contributed by atoms with E-state index in [0.717, 1.165) is 28.3 Å². The Morgan fingerprint density at radius 2 is 1.64 bits per heavy atom. The van der Waals surface area contributed by atoms with Crippen LogP contribution in [0.25, 0.3) is 0 Å². The Hall–Kier alpha value is -2.32. The lowest BCUT2D eigenvalue weighted by Gasteiger charge is -2.20. The first-order chi connectivity index (χ1) is 11.7. The number of carbonyl (C=O) groups excluding carboxylic acids is 1. The van der Waals surface area contributed by atoms with E-state index in [1.807, 2.05) is 19.1 Å². The number of hydrogen-bond donors (Lipinski definition) is 1. The molecule has 0 radical (unpaired) electrons. The number of nitrogens with one attached hydrogen (secondary N) is 1. The zero-order valence-electron chi connectivity index (χ0n) is 13.8. The van der Waals surface area contributed by atoms with E-state index < -0.39 is 39.8 Å². The van der Waals surface area contributed by atoms with Crippen LogP contribution in [0.15, 0.2) is 42.5 Å². The maximum atomic E-state index is 13.6. The predicted molar refractivity (Wildman–Crippen MR) is 91.4 cm³/mol. The molecule has 8 heteroatoms. The van der Waals surface area contributed by atoms with E-state index in [4.69, 9.17) is 0 Å². The number of benzene rings is 2. The van der Waals surface area contributed by atoms with Crippen LogP contribution < -0.4 is 5.32 Å². The number of amides is 1. The third kappa shape index (κ3) is 5.33. The van der Waals surface area contributed by atoms with Gasteiger partial charge in [0.25, 0.3) is 0 Å². The lowest BCUT2D eigenvalue weighted by Crippen LogP contribution is -2.37. The summed E-state index contributed by atoms with van der Waals surface area (Å²) < 4.78 is 51.9. The molecule has 0 saturated heterocycles. The molecule has 134 valence electrons. The predicted octanol–water partition coefficient (Wildman–Crippen LogP) is 2.67. The Balaban J connectivity index is 2.14. The molecule has 0 atom stereocenters. The molecule has 0 unspecified atom stereocenters. The molecule has 1 amide bonds. The summed E-state index contributed by atoms with van der Waals surface area (Å²) in [5, 5.41) is 2.08. The summed E-state index contributed by atoms with van der Waals surface area (Å²) in [6.45, 7) is 1.32. The van der Waals surface area contributed by atoms with Crippen LogP contribution in [0.1, 0.15) is 11.1 Å². The maximum Gasteiger partial charge on any atom is 0.239 e. The van der Waals surface area contributed by atoms with Crippen LogP contribution in [-0.2, 0) is 21.4 Å². The zero-order valence-corrected chi connectivity index (χ0v) is 14.6. The van der Waals surface area contributed by atoms with Gasteiger partial charge in [0, 0.05) is 6.54 Å². The molecule has 2 aromatic carbocycles. The van der Waals surface area contributed by atoms with Crippen LogP contribution in [0.2, 0.25) is 0 Å². The Labute approximate surface area is 145 Å². The van der Waals surface area contributed by atoms with Gasteiger partial charge >= 0.3 is 0 Å². The molecule has 0 aliphatic carbocycles. The van der Waals surface area contributed by atoms with Gasteiger partial charge < -0.3 is 5.32 Å². The van der Waals surface area contributed by atoms with Gasteiger partial charge in [-0.3, -0.25) is 4.79 Å². The number of para-hydroxylation sites is 1. The fourth-order valence-electron chi connectivity index (χ4n) is 2.14. The number of rotatable bonds is 6. The fourth-order valence-corrected chi connectivity index (χ4v) is 2.88. The Morgan fingerprint density at radius 1 is 1.08 bits per heavy atom. The minimum absolute atomic E-state index is 0.0215. The number of sulfonamides is 1. The van der Waals surface area contributed by atoms with E-state index in [9.17, 15) is 22.0 Å². The van der Waals surface area contributed by atoms with Crippen molar-refractivity contribution < 1.29 is 22.0 Å². The van der Waals surface area contributed by atoms with Gasteiger partial charge in [0.2, 0.25) is 15.9 Å². The Morgan fingerprint density at radius 3 is 2.16 bits per heavy atom. The van der Waals surface area contributed by atoms with E-state index >= 15 is 0 Å². The van der Waals surface area contributed by atoms with Crippen molar-refractivity contribution in [3.8, 4) is 0 Å². The van der Waals surface area contributed by atoms with Crippen LogP contribution in [0.4, 0.5) is 14.5 Å². The molecular formula is C17H18F2N2O3S. The monoisotopic (exact) mass is 368 g/mol. The average Bonchev–Trinajstić information content (AvgIpc) is 2.51. The molecule has 2 aromatic rings. The van der Waals surface area contributed by atoms with Gasteiger partial charge in [-0.25, -0.2) is 17.2 Å². The Bertz CT molecular complexity index is 848. The maximum absolute atomic E-state index is 13.6.